The molecule has 1 amide bonds. The molecule has 0 bridgehead atoms. The van der Waals surface area contributed by atoms with Crippen molar-refractivity contribution in [2.75, 3.05) is 20.1 Å². The van der Waals surface area contributed by atoms with Crippen LogP contribution in [0.25, 0.3) is 0 Å². The van der Waals surface area contributed by atoms with Crippen molar-refractivity contribution in [2.24, 2.45) is 0 Å². The van der Waals surface area contributed by atoms with Gasteiger partial charge in [-0.25, -0.2) is 21.9 Å². The van der Waals surface area contributed by atoms with Crippen LogP contribution in [0.1, 0.15) is 13.3 Å². The molecule has 0 aliphatic heterocycles. The van der Waals surface area contributed by atoms with Crippen molar-refractivity contribution in [1.29, 1.82) is 0 Å². The van der Waals surface area contributed by atoms with Gasteiger partial charge in [0.15, 0.2) is 11.6 Å². The monoisotopic (exact) mass is 335 g/mol. The molecule has 0 saturated carbocycles. The average molecular weight is 335 g/mol. The molecule has 22 heavy (non-hydrogen) atoms. The second kappa shape index (κ2) is 8.16. The number of halogens is 2. The lowest BCUT2D eigenvalue weighted by molar-refractivity contribution is -0.121. The maximum atomic E-state index is 13.0. The molecule has 1 aromatic carbocycles. The molecule has 0 spiro atoms. The number of sulfonamides is 1. The molecule has 6 nitrogen and oxygen atoms in total. The highest BCUT2D eigenvalue weighted by Crippen LogP contribution is 2.13. The first-order valence-electron chi connectivity index (χ1n) is 6.65. The molecule has 1 unspecified atom stereocenters. The highest BCUT2D eigenvalue weighted by atomic mass is 32.2. The third kappa shape index (κ3) is 5.66. The molecular formula is C13H19F2N3O3S. The molecule has 0 aliphatic carbocycles. The van der Waals surface area contributed by atoms with Crippen molar-refractivity contribution in [3.8, 4) is 0 Å². The van der Waals surface area contributed by atoms with Crippen LogP contribution in [0, 0.1) is 11.6 Å². The van der Waals surface area contributed by atoms with Gasteiger partial charge in [-0.1, -0.05) is 0 Å². The van der Waals surface area contributed by atoms with Gasteiger partial charge in [-0.3, -0.25) is 4.79 Å². The van der Waals surface area contributed by atoms with Crippen LogP contribution in [0.5, 0.6) is 0 Å². The number of carbonyl (C=O) groups excluding carboxylic acids is 1. The molecule has 0 aromatic heterocycles. The summed E-state index contributed by atoms with van der Waals surface area (Å²) in [6.07, 6.45) is -0.0562. The number of carbonyl (C=O) groups is 1. The van der Waals surface area contributed by atoms with Crippen LogP contribution in [0.15, 0.2) is 23.1 Å². The van der Waals surface area contributed by atoms with E-state index in [0.29, 0.717) is 12.6 Å². The van der Waals surface area contributed by atoms with E-state index >= 15 is 0 Å². The zero-order valence-corrected chi connectivity index (χ0v) is 13.1. The standard InChI is InChI=1S/C13H19F2N3O3S/c1-9(16-2)8-17-13(19)5-6-18-22(20,21)10-3-4-11(14)12(15)7-10/h3-4,7,9,16,18H,5-6,8H2,1-2H3,(H,17,19). The Kier molecular flexibility index (Phi) is 6.85. The van der Waals surface area contributed by atoms with E-state index < -0.39 is 26.6 Å². The summed E-state index contributed by atoms with van der Waals surface area (Å²) in [7, 11) is -2.22. The Morgan fingerprint density at radius 2 is 1.95 bits per heavy atom. The number of hydrogen-bond acceptors (Lipinski definition) is 4. The van der Waals surface area contributed by atoms with Gasteiger partial charge in [0.1, 0.15) is 0 Å². The third-order valence-electron chi connectivity index (χ3n) is 2.94. The number of hydrogen-bond donors (Lipinski definition) is 3. The topological polar surface area (TPSA) is 87.3 Å². The van der Waals surface area contributed by atoms with E-state index in [-0.39, 0.29) is 24.9 Å². The fourth-order valence-electron chi connectivity index (χ4n) is 1.48. The summed E-state index contributed by atoms with van der Waals surface area (Å²) >= 11 is 0. The Labute approximate surface area is 128 Å². The SMILES string of the molecule is CNC(C)CNC(=O)CCNS(=O)(=O)c1ccc(F)c(F)c1. The van der Waals surface area contributed by atoms with Gasteiger partial charge in [0.25, 0.3) is 0 Å². The van der Waals surface area contributed by atoms with Gasteiger partial charge in [-0.15, -0.1) is 0 Å². The predicted octanol–water partition coefficient (Wildman–Crippen LogP) is 0.357. The van der Waals surface area contributed by atoms with E-state index in [1.807, 2.05) is 6.92 Å². The Balaban J connectivity index is 2.49. The van der Waals surface area contributed by atoms with Gasteiger partial charge in [0.2, 0.25) is 15.9 Å². The fourth-order valence-corrected chi connectivity index (χ4v) is 2.53. The van der Waals surface area contributed by atoms with E-state index in [1.165, 1.54) is 0 Å². The van der Waals surface area contributed by atoms with Crippen LogP contribution in [0.4, 0.5) is 8.78 Å². The summed E-state index contributed by atoms with van der Waals surface area (Å²) < 4.78 is 51.7. The quantitative estimate of drug-likeness (QED) is 0.640. The molecule has 1 atom stereocenters. The number of rotatable bonds is 8. The van der Waals surface area contributed by atoms with Gasteiger partial charge in [-0.2, -0.15) is 0 Å². The van der Waals surface area contributed by atoms with Crippen molar-refractivity contribution in [1.82, 2.24) is 15.4 Å². The van der Waals surface area contributed by atoms with Crippen LogP contribution in [-0.2, 0) is 14.8 Å². The number of benzene rings is 1. The molecular weight excluding hydrogens is 316 g/mol. The molecule has 0 radical (unpaired) electrons. The summed E-state index contributed by atoms with van der Waals surface area (Å²) in [5.41, 5.74) is 0. The van der Waals surface area contributed by atoms with E-state index in [1.54, 1.807) is 7.05 Å². The zero-order chi connectivity index (χ0) is 16.8. The van der Waals surface area contributed by atoms with E-state index in [2.05, 4.69) is 15.4 Å². The molecule has 0 saturated heterocycles. The first kappa shape index (κ1) is 18.5. The predicted molar refractivity (Wildman–Crippen MR) is 77.7 cm³/mol. The van der Waals surface area contributed by atoms with Crippen LogP contribution in [0.2, 0.25) is 0 Å². The Bertz CT molecular complexity index is 623. The van der Waals surface area contributed by atoms with Crippen molar-refractivity contribution >= 4 is 15.9 Å². The van der Waals surface area contributed by atoms with Gasteiger partial charge in [0.05, 0.1) is 4.90 Å². The molecule has 0 heterocycles. The summed E-state index contributed by atoms with van der Waals surface area (Å²) in [5.74, 6) is -2.69. The Morgan fingerprint density at radius 1 is 1.27 bits per heavy atom. The second-order valence-corrected chi connectivity index (χ2v) is 6.48. The highest BCUT2D eigenvalue weighted by Gasteiger charge is 2.16. The Hall–Kier alpha value is -1.58. The summed E-state index contributed by atoms with van der Waals surface area (Å²) in [5, 5.41) is 5.57. The second-order valence-electron chi connectivity index (χ2n) is 4.72. The minimum absolute atomic E-state index is 0.0562. The molecule has 1 aromatic rings. The zero-order valence-electron chi connectivity index (χ0n) is 12.3. The van der Waals surface area contributed by atoms with Crippen molar-refractivity contribution in [3.05, 3.63) is 29.8 Å². The summed E-state index contributed by atoms with van der Waals surface area (Å²) in [4.78, 5) is 11.1. The maximum Gasteiger partial charge on any atom is 0.240 e. The van der Waals surface area contributed by atoms with Crippen LogP contribution >= 0.6 is 0 Å². The molecule has 3 N–H and O–H groups in total. The lowest BCUT2D eigenvalue weighted by atomic mass is 10.3. The third-order valence-corrected chi connectivity index (χ3v) is 4.40. The Morgan fingerprint density at radius 3 is 2.55 bits per heavy atom. The van der Waals surface area contributed by atoms with Crippen LogP contribution in [0.3, 0.4) is 0 Å². The smallest absolute Gasteiger partial charge is 0.240 e. The van der Waals surface area contributed by atoms with E-state index in [9.17, 15) is 22.0 Å². The summed E-state index contributed by atoms with van der Waals surface area (Å²) in [6, 6.07) is 2.38. The molecule has 1 rings (SSSR count). The van der Waals surface area contributed by atoms with Crippen molar-refractivity contribution < 1.29 is 22.0 Å². The molecule has 9 heteroatoms. The minimum Gasteiger partial charge on any atom is -0.355 e. The van der Waals surface area contributed by atoms with Gasteiger partial charge >= 0.3 is 0 Å². The summed E-state index contributed by atoms with van der Waals surface area (Å²) in [6.45, 7) is 2.17. The van der Waals surface area contributed by atoms with Gasteiger partial charge in [-0.05, 0) is 32.2 Å². The fraction of sp³-hybridized carbons (Fsp3) is 0.462. The van der Waals surface area contributed by atoms with E-state index in [4.69, 9.17) is 0 Å². The molecule has 124 valence electrons. The van der Waals surface area contributed by atoms with E-state index in [0.717, 1.165) is 12.1 Å². The minimum atomic E-state index is -3.98. The molecule has 0 aliphatic rings. The van der Waals surface area contributed by atoms with Crippen LogP contribution < -0.4 is 15.4 Å². The van der Waals surface area contributed by atoms with Gasteiger partial charge < -0.3 is 10.6 Å². The van der Waals surface area contributed by atoms with Crippen molar-refractivity contribution in [3.63, 3.8) is 0 Å². The first-order chi connectivity index (χ1) is 10.3. The lowest BCUT2D eigenvalue weighted by Crippen LogP contribution is -2.38. The van der Waals surface area contributed by atoms with Crippen LogP contribution in [-0.4, -0.2) is 40.5 Å². The average Bonchev–Trinajstić information content (AvgIpc) is 2.47. The van der Waals surface area contributed by atoms with Gasteiger partial charge in [0, 0.05) is 25.6 Å². The number of likely N-dealkylation sites (N-methyl/N-ethyl adjacent to an activating group) is 1. The number of amides is 1. The molecule has 0 fully saturated rings. The normalized spacial score (nSPS) is 12.9. The van der Waals surface area contributed by atoms with Crippen molar-refractivity contribution in [2.45, 2.75) is 24.3 Å². The first-order valence-corrected chi connectivity index (χ1v) is 8.13. The lowest BCUT2D eigenvalue weighted by Gasteiger charge is -2.11. The highest BCUT2D eigenvalue weighted by molar-refractivity contribution is 7.89. The number of nitrogens with one attached hydrogen (secondary N) is 3. The largest absolute Gasteiger partial charge is 0.355 e. The maximum absolute atomic E-state index is 13.0.